The lowest BCUT2D eigenvalue weighted by Crippen LogP contribution is -2.11. The fraction of sp³-hybridized carbons (Fsp3) is 0.364. The molecule has 0 aliphatic rings. The number of imidazole rings is 1. The van der Waals surface area contributed by atoms with Gasteiger partial charge in [0.15, 0.2) is 0 Å². The smallest absolute Gasteiger partial charge is 0.342 e. The van der Waals surface area contributed by atoms with Gasteiger partial charge in [0, 0.05) is 6.42 Å². The fourth-order valence-corrected chi connectivity index (χ4v) is 1.72. The van der Waals surface area contributed by atoms with Crippen molar-refractivity contribution in [1.82, 2.24) is 9.97 Å². The highest BCUT2D eigenvalue weighted by molar-refractivity contribution is 5.80. The second-order valence-corrected chi connectivity index (χ2v) is 3.95. The zero-order chi connectivity index (χ0) is 14.4. The summed E-state index contributed by atoms with van der Waals surface area (Å²) in [7, 11) is 0. The van der Waals surface area contributed by atoms with Crippen molar-refractivity contribution in [2.45, 2.75) is 25.7 Å². The summed E-state index contributed by atoms with van der Waals surface area (Å²) in [6.07, 6.45) is -9.43. The topological polar surface area (TPSA) is 28.7 Å². The van der Waals surface area contributed by atoms with Gasteiger partial charge in [-0.3, -0.25) is 0 Å². The van der Waals surface area contributed by atoms with Gasteiger partial charge >= 0.3 is 12.4 Å². The lowest BCUT2D eigenvalue weighted by Gasteiger charge is -2.11. The predicted molar refractivity (Wildman–Crippen MR) is 55.5 cm³/mol. The Kier molecular flexibility index (Phi) is 2.98. The first-order chi connectivity index (χ1) is 8.63. The number of hydrogen-bond donors (Lipinski definition) is 1. The van der Waals surface area contributed by atoms with Gasteiger partial charge in [-0.25, -0.2) is 4.98 Å². The van der Waals surface area contributed by atoms with Crippen molar-refractivity contribution in [3.05, 3.63) is 29.1 Å². The first-order valence-electron chi connectivity index (χ1n) is 5.30. The largest absolute Gasteiger partial charge is 0.418 e. The van der Waals surface area contributed by atoms with Crippen LogP contribution in [-0.4, -0.2) is 9.97 Å². The Morgan fingerprint density at radius 1 is 1.05 bits per heavy atom. The van der Waals surface area contributed by atoms with Crippen LogP contribution in [0.3, 0.4) is 0 Å². The molecule has 1 aromatic heterocycles. The summed E-state index contributed by atoms with van der Waals surface area (Å²) >= 11 is 0. The highest BCUT2D eigenvalue weighted by Gasteiger charge is 2.39. The van der Waals surface area contributed by atoms with Crippen LogP contribution in [0.15, 0.2) is 12.1 Å². The number of aromatic amines is 1. The van der Waals surface area contributed by atoms with Crippen LogP contribution in [0.5, 0.6) is 0 Å². The van der Waals surface area contributed by atoms with E-state index < -0.39 is 29.0 Å². The molecule has 0 saturated carbocycles. The third-order valence-electron chi connectivity index (χ3n) is 2.60. The van der Waals surface area contributed by atoms with Crippen LogP contribution in [0.2, 0.25) is 0 Å². The number of fused-ring (bicyclic) bond motifs is 1. The Hall–Kier alpha value is -1.73. The van der Waals surface area contributed by atoms with Crippen LogP contribution in [-0.2, 0) is 18.8 Å². The molecule has 0 aliphatic carbocycles. The molecule has 0 saturated heterocycles. The minimum atomic E-state index is -4.89. The Morgan fingerprint density at radius 2 is 1.68 bits per heavy atom. The molecule has 104 valence electrons. The molecule has 0 unspecified atom stereocenters. The van der Waals surface area contributed by atoms with Crippen LogP contribution in [0.1, 0.15) is 23.9 Å². The van der Waals surface area contributed by atoms with Crippen molar-refractivity contribution < 1.29 is 26.3 Å². The van der Waals surface area contributed by atoms with Gasteiger partial charge in [-0.1, -0.05) is 6.92 Å². The van der Waals surface area contributed by atoms with E-state index in [1.165, 1.54) is 0 Å². The van der Waals surface area contributed by atoms with Gasteiger partial charge in [0.1, 0.15) is 11.3 Å². The molecule has 0 atom stereocenters. The third-order valence-corrected chi connectivity index (χ3v) is 2.60. The summed E-state index contributed by atoms with van der Waals surface area (Å²) < 4.78 is 76.0. The molecule has 8 heteroatoms. The Balaban J connectivity index is 2.78. The van der Waals surface area contributed by atoms with Gasteiger partial charge in [-0.2, -0.15) is 26.3 Å². The molecule has 0 spiro atoms. The first-order valence-corrected chi connectivity index (χ1v) is 5.30. The van der Waals surface area contributed by atoms with Crippen molar-refractivity contribution in [3.63, 3.8) is 0 Å². The zero-order valence-corrected chi connectivity index (χ0v) is 9.58. The molecule has 0 aliphatic heterocycles. The van der Waals surface area contributed by atoms with Gasteiger partial charge in [0.25, 0.3) is 0 Å². The van der Waals surface area contributed by atoms with Crippen LogP contribution in [0.4, 0.5) is 26.3 Å². The van der Waals surface area contributed by atoms with E-state index in [9.17, 15) is 26.3 Å². The molecule has 0 radical (unpaired) electrons. The normalized spacial score (nSPS) is 13.2. The summed E-state index contributed by atoms with van der Waals surface area (Å²) in [6, 6.07) is 0.722. The van der Waals surface area contributed by atoms with E-state index in [0.29, 0.717) is 12.5 Å². The fourth-order valence-electron chi connectivity index (χ4n) is 1.72. The van der Waals surface area contributed by atoms with E-state index in [1.807, 2.05) is 0 Å². The number of benzene rings is 1. The monoisotopic (exact) mass is 282 g/mol. The van der Waals surface area contributed by atoms with Crippen molar-refractivity contribution >= 4 is 11.0 Å². The minimum absolute atomic E-state index is 0.0859. The number of rotatable bonds is 1. The SMILES string of the molecule is CCc1nc2c(C(F)(F)F)cc(C(F)(F)F)cc2[nH]1. The summed E-state index contributed by atoms with van der Waals surface area (Å²) in [5.74, 6) is 0.208. The molecule has 2 aromatic rings. The molecule has 0 amide bonds. The Morgan fingerprint density at radius 3 is 2.16 bits per heavy atom. The zero-order valence-electron chi connectivity index (χ0n) is 9.58. The second kappa shape index (κ2) is 4.14. The van der Waals surface area contributed by atoms with Crippen molar-refractivity contribution in [3.8, 4) is 0 Å². The molecule has 0 fully saturated rings. The molecule has 19 heavy (non-hydrogen) atoms. The summed E-state index contributed by atoms with van der Waals surface area (Å²) in [5, 5.41) is 0. The van der Waals surface area contributed by atoms with Gasteiger partial charge < -0.3 is 4.98 Å². The maximum Gasteiger partial charge on any atom is 0.418 e. The number of aromatic nitrogens is 2. The predicted octanol–water partition coefficient (Wildman–Crippen LogP) is 4.16. The molecule has 2 nitrogen and oxygen atoms in total. The van der Waals surface area contributed by atoms with Crippen LogP contribution >= 0.6 is 0 Å². The van der Waals surface area contributed by atoms with Gasteiger partial charge in [-0.05, 0) is 12.1 Å². The van der Waals surface area contributed by atoms with E-state index in [0.717, 1.165) is 0 Å². The second-order valence-electron chi connectivity index (χ2n) is 3.95. The maximum absolute atomic E-state index is 12.8. The van der Waals surface area contributed by atoms with Gasteiger partial charge in [0.2, 0.25) is 0 Å². The third kappa shape index (κ3) is 2.52. The van der Waals surface area contributed by atoms with E-state index in [-0.39, 0.29) is 17.4 Å². The molecule has 1 heterocycles. The number of aryl methyl sites for hydroxylation is 1. The number of nitrogens with one attached hydrogen (secondary N) is 1. The number of alkyl halides is 6. The summed E-state index contributed by atoms with van der Waals surface area (Å²) in [4.78, 5) is 6.14. The van der Waals surface area contributed by atoms with Crippen LogP contribution in [0, 0.1) is 0 Å². The molecular formula is C11H8F6N2. The first kappa shape index (κ1) is 13.7. The van der Waals surface area contributed by atoms with E-state index >= 15 is 0 Å². The Bertz CT molecular complexity index is 608. The Labute approximate surface area is 103 Å². The molecule has 1 aromatic carbocycles. The highest BCUT2D eigenvalue weighted by atomic mass is 19.4. The van der Waals surface area contributed by atoms with E-state index in [2.05, 4.69) is 9.97 Å². The standard InChI is InChI=1S/C11H8F6N2/c1-2-8-18-7-4-5(10(12,13)14)3-6(9(7)19-8)11(15,16)17/h3-4H,2H2,1H3,(H,18,19). The summed E-state index contributed by atoms with van der Waals surface area (Å²) in [6.45, 7) is 1.63. The summed E-state index contributed by atoms with van der Waals surface area (Å²) in [5.41, 5.74) is -3.48. The minimum Gasteiger partial charge on any atom is -0.342 e. The number of H-pyrrole nitrogens is 1. The van der Waals surface area contributed by atoms with Gasteiger partial charge in [0.05, 0.1) is 16.6 Å². The van der Waals surface area contributed by atoms with Crippen LogP contribution in [0.25, 0.3) is 11.0 Å². The number of nitrogens with zero attached hydrogens (tertiary/aromatic N) is 1. The molecule has 2 rings (SSSR count). The number of hydrogen-bond acceptors (Lipinski definition) is 1. The molecular weight excluding hydrogens is 274 g/mol. The molecule has 0 bridgehead atoms. The van der Waals surface area contributed by atoms with E-state index in [1.54, 1.807) is 6.92 Å². The maximum atomic E-state index is 12.8. The van der Waals surface area contributed by atoms with Crippen LogP contribution < -0.4 is 0 Å². The van der Waals surface area contributed by atoms with Crippen molar-refractivity contribution in [2.24, 2.45) is 0 Å². The van der Waals surface area contributed by atoms with Crippen molar-refractivity contribution in [2.75, 3.05) is 0 Å². The number of halogens is 6. The van der Waals surface area contributed by atoms with E-state index in [4.69, 9.17) is 0 Å². The average molecular weight is 282 g/mol. The lowest BCUT2D eigenvalue weighted by atomic mass is 10.1. The lowest BCUT2D eigenvalue weighted by molar-refractivity contribution is -0.142. The molecule has 1 N–H and O–H groups in total. The highest BCUT2D eigenvalue weighted by Crippen LogP contribution is 2.39. The van der Waals surface area contributed by atoms with Crippen molar-refractivity contribution in [1.29, 1.82) is 0 Å². The average Bonchev–Trinajstić information content (AvgIpc) is 2.67. The quantitative estimate of drug-likeness (QED) is 0.781. The van der Waals surface area contributed by atoms with Gasteiger partial charge in [-0.15, -0.1) is 0 Å².